The lowest BCUT2D eigenvalue weighted by molar-refractivity contribution is 0.253. The molecule has 6 rings (SSSR count). The third kappa shape index (κ3) is 3.99. The zero-order valence-corrected chi connectivity index (χ0v) is 20.6. The van der Waals surface area contributed by atoms with Gasteiger partial charge in [-0.1, -0.05) is 11.6 Å². The van der Waals surface area contributed by atoms with Crippen LogP contribution in [-0.2, 0) is 6.54 Å². The Morgan fingerprint density at radius 1 is 1.09 bits per heavy atom. The number of pyridine rings is 2. The molecule has 0 spiro atoms. The van der Waals surface area contributed by atoms with Crippen LogP contribution in [0.3, 0.4) is 0 Å². The van der Waals surface area contributed by atoms with Gasteiger partial charge in [-0.2, -0.15) is 0 Å². The summed E-state index contributed by atoms with van der Waals surface area (Å²) in [5, 5.41) is 10.3. The summed E-state index contributed by atoms with van der Waals surface area (Å²) in [4.78, 5) is 13.5. The quantitative estimate of drug-likeness (QED) is 0.353. The zero-order valence-electron chi connectivity index (χ0n) is 19.0. The lowest BCUT2D eigenvalue weighted by Gasteiger charge is -2.28. The highest BCUT2D eigenvalue weighted by molar-refractivity contribution is 7.20. The van der Waals surface area contributed by atoms with Gasteiger partial charge in [-0.25, -0.2) is 9.97 Å². The number of nitrogens with one attached hydrogen (secondary N) is 2. The molecule has 0 aliphatic carbocycles. The molecule has 1 atom stereocenters. The predicted molar refractivity (Wildman–Crippen MR) is 140 cm³/mol. The van der Waals surface area contributed by atoms with Crippen LogP contribution in [0, 0.1) is 0 Å². The molecular weight excluding hydrogens is 450 g/mol. The molecule has 2 aliphatic heterocycles. The lowest BCUT2D eigenvalue weighted by atomic mass is 9.92. The highest BCUT2D eigenvalue weighted by Gasteiger charge is 2.22. The summed E-state index contributed by atoms with van der Waals surface area (Å²) in [6.07, 6.45) is 2.24. The van der Waals surface area contributed by atoms with Crippen LogP contribution < -0.4 is 10.6 Å². The number of hydrogen-bond donors (Lipinski definition) is 2. The maximum atomic E-state index is 6.47. The van der Waals surface area contributed by atoms with Crippen LogP contribution >= 0.6 is 22.9 Å². The fraction of sp³-hybridized carbons (Fsp3) is 0.385. The maximum Gasteiger partial charge on any atom is 0.130 e. The smallest absolute Gasteiger partial charge is 0.130 e. The first-order valence-electron chi connectivity index (χ1n) is 11.7. The highest BCUT2D eigenvalue weighted by atomic mass is 35.5. The maximum absolute atomic E-state index is 6.47. The number of piperidine rings is 1. The molecule has 2 aliphatic rings. The van der Waals surface area contributed by atoms with Crippen LogP contribution in [0.2, 0.25) is 5.15 Å². The van der Waals surface area contributed by atoms with Gasteiger partial charge in [-0.3, -0.25) is 0 Å². The molecule has 0 amide bonds. The SMILES string of the molecule is C[C@@H]1CNc2c(sc3ccc4nc(-c5cc(Cl)nc(C6CCN(C)CC6)c5)ccc4c23)CN1. The van der Waals surface area contributed by atoms with Gasteiger partial charge in [0.15, 0.2) is 0 Å². The van der Waals surface area contributed by atoms with Crippen molar-refractivity contribution >= 4 is 49.6 Å². The molecule has 0 bridgehead atoms. The molecule has 170 valence electrons. The molecule has 7 heteroatoms. The van der Waals surface area contributed by atoms with Crippen LogP contribution in [0.25, 0.3) is 32.2 Å². The molecule has 1 fully saturated rings. The number of hydrogen-bond acceptors (Lipinski definition) is 6. The topological polar surface area (TPSA) is 53.1 Å². The Hall–Kier alpha value is -2.25. The first-order valence-corrected chi connectivity index (χ1v) is 12.9. The Kier molecular flexibility index (Phi) is 5.49. The highest BCUT2D eigenvalue weighted by Crippen LogP contribution is 2.41. The van der Waals surface area contributed by atoms with Gasteiger partial charge < -0.3 is 15.5 Å². The lowest BCUT2D eigenvalue weighted by Crippen LogP contribution is -2.29. The van der Waals surface area contributed by atoms with Crippen molar-refractivity contribution in [2.45, 2.75) is 38.3 Å². The van der Waals surface area contributed by atoms with E-state index in [9.17, 15) is 0 Å². The Morgan fingerprint density at radius 2 is 1.94 bits per heavy atom. The van der Waals surface area contributed by atoms with E-state index in [1.807, 2.05) is 17.4 Å². The average Bonchev–Trinajstić information content (AvgIpc) is 3.09. The monoisotopic (exact) mass is 477 g/mol. The van der Waals surface area contributed by atoms with Crippen molar-refractivity contribution in [1.29, 1.82) is 0 Å². The molecule has 0 saturated carbocycles. The molecule has 33 heavy (non-hydrogen) atoms. The Labute approximate surface area is 203 Å². The number of benzene rings is 1. The normalized spacial score (nSPS) is 20.0. The number of anilines is 1. The summed E-state index contributed by atoms with van der Waals surface area (Å²) in [6.45, 7) is 6.26. The molecule has 4 aromatic rings. The largest absolute Gasteiger partial charge is 0.382 e. The van der Waals surface area contributed by atoms with Crippen molar-refractivity contribution < 1.29 is 0 Å². The van der Waals surface area contributed by atoms with E-state index >= 15 is 0 Å². The van der Waals surface area contributed by atoms with Gasteiger partial charge in [0.05, 0.1) is 16.9 Å². The number of aromatic nitrogens is 2. The molecule has 1 aromatic carbocycles. The summed E-state index contributed by atoms with van der Waals surface area (Å²) in [6, 6.07) is 13.3. The number of fused-ring (bicyclic) bond motifs is 5. The van der Waals surface area contributed by atoms with Crippen molar-refractivity contribution in [3.63, 3.8) is 0 Å². The Balaban J connectivity index is 1.41. The molecule has 0 unspecified atom stereocenters. The van der Waals surface area contributed by atoms with E-state index in [2.05, 4.69) is 64.8 Å². The molecule has 5 heterocycles. The number of rotatable bonds is 2. The molecule has 2 N–H and O–H groups in total. The molecule has 0 radical (unpaired) electrons. The van der Waals surface area contributed by atoms with Gasteiger partial charge in [0.2, 0.25) is 0 Å². The van der Waals surface area contributed by atoms with E-state index in [4.69, 9.17) is 16.6 Å². The standard InChI is InChI=1S/C26H28ClN5S/c1-15-13-29-26-23(14-28-15)33-22-6-5-20-18(25(22)26)3-4-19(30-20)17-11-21(31-24(27)12-17)16-7-9-32(2)10-8-16/h3-6,11-12,15-16,28-29H,7-10,13-14H2,1-2H3/t15-/m1/s1. The van der Waals surface area contributed by atoms with Gasteiger partial charge in [-0.15, -0.1) is 11.3 Å². The number of nitrogens with zero attached hydrogens (tertiary/aromatic N) is 3. The van der Waals surface area contributed by atoms with Crippen molar-refractivity contribution in [2.24, 2.45) is 0 Å². The Morgan fingerprint density at radius 3 is 2.79 bits per heavy atom. The number of likely N-dealkylation sites (tertiary alicyclic amines) is 1. The van der Waals surface area contributed by atoms with E-state index in [0.29, 0.717) is 17.1 Å². The molecule has 1 saturated heterocycles. The average molecular weight is 478 g/mol. The number of thiophene rings is 1. The molecular formula is C26H28ClN5S. The summed E-state index contributed by atoms with van der Waals surface area (Å²) in [5.74, 6) is 0.460. The Bertz CT molecular complexity index is 1340. The summed E-state index contributed by atoms with van der Waals surface area (Å²) in [5.41, 5.74) is 5.37. The minimum absolute atomic E-state index is 0.453. The summed E-state index contributed by atoms with van der Waals surface area (Å²) >= 11 is 8.34. The van der Waals surface area contributed by atoms with Crippen LogP contribution in [-0.4, -0.2) is 47.6 Å². The summed E-state index contributed by atoms with van der Waals surface area (Å²) < 4.78 is 1.31. The first kappa shape index (κ1) is 21.3. The van der Waals surface area contributed by atoms with E-state index in [0.717, 1.165) is 61.5 Å². The first-order chi connectivity index (χ1) is 16.0. The zero-order chi connectivity index (χ0) is 22.5. The van der Waals surface area contributed by atoms with Crippen molar-refractivity contribution in [3.05, 3.63) is 52.1 Å². The van der Waals surface area contributed by atoms with Gasteiger partial charge in [0, 0.05) is 56.7 Å². The van der Waals surface area contributed by atoms with Crippen molar-refractivity contribution in [1.82, 2.24) is 20.2 Å². The van der Waals surface area contributed by atoms with E-state index in [-0.39, 0.29) is 0 Å². The van der Waals surface area contributed by atoms with Crippen molar-refractivity contribution in [3.8, 4) is 11.3 Å². The molecule has 5 nitrogen and oxygen atoms in total. The third-order valence-corrected chi connectivity index (χ3v) is 8.39. The second-order valence-electron chi connectivity index (χ2n) is 9.45. The van der Waals surface area contributed by atoms with Gasteiger partial charge >= 0.3 is 0 Å². The van der Waals surface area contributed by atoms with Crippen LogP contribution in [0.15, 0.2) is 36.4 Å². The molecule has 3 aromatic heterocycles. The van der Waals surface area contributed by atoms with Crippen LogP contribution in [0.4, 0.5) is 5.69 Å². The van der Waals surface area contributed by atoms with Crippen LogP contribution in [0.1, 0.15) is 36.3 Å². The van der Waals surface area contributed by atoms with Crippen molar-refractivity contribution in [2.75, 3.05) is 32.0 Å². The van der Waals surface area contributed by atoms with E-state index in [1.165, 1.54) is 26.0 Å². The third-order valence-electron chi connectivity index (χ3n) is 7.04. The fourth-order valence-electron chi connectivity index (χ4n) is 5.10. The number of halogens is 1. The van der Waals surface area contributed by atoms with E-state index < -0.39 is 0 Å². The van der Waals surface area contributed by atoms with Gasteiger partial charge in [-0.05, 0) is 76.3 Å². The van der Waals surface area contributed by atoms with Gasteiger partial charge in [0.1, 0.15) is 5.15 Å². The fourth-order valence-corrected chi connectivity index (χ4v) is 6.46. The van der Waals surface area contributed by atoms with Crippen LogP contribution in [0.5, 0.6) is 0 Å². The predicted octanol–water partition coefficient (Wildman–Crippen LogP) is 5.88. The second kappa shape index (κ2) is 8.51. The minimum Gasteiger partial charge on any atom is -0.382 e. The summed E-state index contributed by atoms with van der Waals surface area (Å²) in [7, 11) is 2.18. The minimum atomic E-state index is 0.453. The second-order valence-corrected chi connectivity index (χ2v) is 11.0. The van der Waals surface area contributed by atoms with E-state index in [1.54, 1.807) is 0 Å². The van der Waals surface area contributed by atoms with Gasteiger partial charge in [0.25, 0.3) is 0 Å².